The van der Waals surface area contributed by atoms with Gasteiger partial charge in [-0.3, -0.25) is 4.79 Å². The predicted octanol–water partition coefficient (Wildman–Crippen LogP) is 0.587. The fraction of sp³-hybridized carbons (Fsp3) is 0.923. The van der Waals surface area contributed by atoms with Gasteiger partial charge in [-0.15, -0.1) is 0 Å². The number of rotatable bonds is 6. The topological polar surface area (TPSA) is 44.4 Å². The summed E-state index contributed by atoms with van der Waals surface area (Å²) in [7, 11) is 2.02. The highest BCUT2D eigenvalue weighted by molar-refractivity contribution is 5.76. The molecule has 0 aromatic rings. The fourth-order valence-corrected chi connectivity index (χ4v) is 2.60. The number of carbonyl (C=O) groups excluding carboxylic acids is 1. The molecule has 1 amide bonds. The van der Waals surface area contributed by atoms with Gasteiger partial charge in [0.05, 0.1) is 0 Å². The molecule has 1 unspecified atom stereocenters. The summed E-state index contributed by atoms with van der Waals surface area (Å²) in [4.78, 5) is 14.0. The van der Waals surface area contributed by atoms with Crippen molar-refractivity contribution in [3.05, 3.63) is 0 Å². The lowest BCUT2D eigenvalue weighted by Crippen LogP contribution is -2.40. The lowest BCUT2D eigenvalue weighted by molar-refractivity contribution is -0.121. The van der Waals surface area contributed by atoms with Gasteiger partial charge in [0.2, 0.25) is 5.91 Å². The molecular formula is C13H25N3O. The van der Waals surface area contributed by atoms with Crippen LogP contribution in [0.4, 0.5) is 0 Å². The summed E-state index contributed by atoms with van der Waals surface area (Å²) < 4.78 is 0. The summed E-state index contributed by atoms with van der Waals surface area (Å²) in [5.41, 5.74) is 0. The largest absolute Gasteiger partial charge is 0.353 e. The summed E-state index contributed by atoms with van der Waals surface area (Å²) in [6.07, 6.45) is 5.63. The van der Waals surface area contributed by atoms with Crippen LogP contribution in [0, 0.1) is 5.92 Å². The zero-order chi connectivity index (χ0) is 12.1. The average molecular weight is 239 g/mol. The highest BCUT2D eigenvalue weighted by atomic mass is 16.1. The van der Waals surface area contributed by atoms with Gasteiger partial charge in [-0.1, -0.05) is 0 Å². The van der Waals surface area contributed by atoms with Crippen molar-refractivity contribution in [2.24, 2.45) is 5.92 Å². The Morgan fingerprint density at radius 2 is 2.18 bits per heavy atom. The van der Waals surface area contributed by atoms with E-state index in [-0.39, 0.29) is 5.91 Å². The first-order valence-electron chi connectivity index (χ1n) is 6.94. The van der Waals surface area contributed by atoms with Crippen LogP contribution < -0.4 is 10.6 Å². The molecule has 0 aromatic carbocycles. The van der Waals surface area contributed by atoms with Gasteiger partial charge in [-0.25, -0.2) is 0 Å². The Morgan fingerprint density at radius 1 is 1.35 bits per heavy atom. The van der Waals surface area contributed by atoms with Gasteiger partial charge in [0.1, 0.15) is 0 Å². The summed E-state index contributed by atoms with van der Waals surface area (Å²) in [6.45, 7) is 4.35. The third-order valence-corrected chi connectivity index (χ3v) is 3.69. The zero-order valence-electron chi connectivity index (χ0n) is 10.9. The molecule has 1 aliphatic carbocycles. The molecule has 2 fully saturated rings. The number of hydrogen-bond donors (Lipinski definition) is 2. The summed E-state index contributed by atoms with van der Waals surface area (Å²) in [5.74, 6) is 1.00. The van der Waals surface area contributed by atoms with Crippen LogP contribution >= 0.6 is 0 Å². The molecule has 1 heterocycles. The van der Waals surface area contributed by atoms with Crippen LogP contribution in [0.5, 0.6) is 0 Å². The molecule has 0 radical (unpaired) electrons. The van der Waals surface area contributed by atoms with Crippen molar-refractivity contribution < 1.29 is 4.79 Å². The van der Waals surface area contributed by atoms with E-state index < -0.39 is 0 Å². The average Bonchev–Trinajstić information content (AvgIpc) is 3.11. The Hall–Kier alpha value is -0.610. The van der Waals surface area contributed by atoms with Crippen molar-refractivity contribution in [1.82, 2.24) is 15.5 Å². The molecule has 1 aliphatic heterocycles. The molecule has 4 heteroatoms. The minimum Gasteiger partial charge on any atom is -0.353 e. The Bertz CT molecular complexity index is 251. The maximum atomic E-state index is 11.6. The molecule has 1 saturated heterocycles. The molecule has 0 spiro atoms. The standard InChI is InChI=1S/C13H25N3O/c1-14-9-11-3-2-7-16(10-11)8-6-13(17)15-12-4-5-12/h11-12,14H,2-10H2,1H3,(H,15,17). The van der Waals surface area contributed by atoms with Gasteiger partial charge < -0.3 is 15.5 Å². The number of likely N-dealkylation sites (tertiary alicyclic amines) is 1. The molecular weight excluding hydrogens is 214 g/mol. The second kappa shape index (κ2) is 6.36. The Morgan fingerprint density at radius 3 is 2.88 bits per heavy atom. The number of nitrogens with zero attached hydrogens (tertiary/aromatic N) is 1. The normalized spacial score (nSPS) is 25.8. The number of piperidine rings is 1. The maximum absolute atomic E-state index is 11.6. The van der Waals surface area contributed by atoms with E-state index in [2.05, 4.69) is 15.5 Å². The quantitative estimate of drug-likeness (QED) is 0.713. The van der Waals surface area contributed by atoms with Crippen molar-refractivity contribution in [2.75, 3.05) is 33.2 Å². The van der Waals surface area contributed by atoms with Gasteiger partial charge >= 0.3 is 0 Å². The predicted molar refractivity (Wildman–Crippen MR) is 68.9 cm³/mol. The molecule has 0 bridgehead atoms. The highest BCUT2D eigenvalue weighted by Crippen LogP contribution is 2.19. The number of nitrogens with one attached hydrogen (secondary N) is 2. The molecule has 2 rings (SSSR count). The van der Waals surface area contributed by atoms with Crippen molar-refractivity contribution in [2.45, 2.75) is 38.1 Å². The molecule has 4 nitrogen and oxygen atoms in total. The van der Waals surface area contributed by atoms with Crippen LogP contribution in [0.15, 0.2) is 0 Å². The maximum Gasteiger partial charge on any atom is 0.221 e. The van der Waals surface area contributed by atoms with E-state index in [1.54, 1.807) is 0 Å². The van der Waals surface area contributed by atoms with Crippen LogP contribution in [0.3, 0.4) is 0 Å². The summed E-state index contributed by atoms with van der Waals surface area (Å²) in [5, 5.41) is 6.30. The van der Waals surface area contributed by atoms with E-state index in [1.807, 2.05) is 7.05 Å². The molecule has 1 atom stereocenters. The number of amides is 1. The van der Waals surface area contributed by atoms with Crippen LogP contribution in [0.2, 0.25) is 0 Å². The Kier molecular flexibility index (Phi) is 4.80. The van der Waals surface area contributed by atoms with E-state index in [0.29, 0.717) is 12.5 Å². The monoisotopic (exact) mass is 239 g/mol. The second-order valence-corrected chi connectivity index (χ2v) is 5.46. The first-order valence-corrected chi connectivity index (χ1v) is 6.94. The van der Waals surface area contributed by atoms with Crippen molar-refractivity contribution in [3.63, 3.8) is 0 Å². The van der Waals surface area contributed by atoms with Gasteiger partial charge in [0, 0.05) is 25.6 Å². The SMILES string of the molecule is CNCC1CCCN(CCC(=O)NC2CC2)C1. The van der Waals surface area contributed by atoms with E-state index in [9.17, 15) is 4.79 Å². The molecule has 2 aliphatic rings. The Balaban J connectivity index is 1.62. The lowest BCUT2D eigenvalue weighted by atomic mass is 9.98. The van der Waals surface area contributed by atoms with Gasteiger partial charge in [0.25, 0.3) is 0 Å². The van der Waals surface area contributed by atoms with E-state index in [0.717, 1.165) is 32.1 Å². The van der Waals surface area contributed by atoms with Crippen molar-refractivity contribution in [3.8, 4) is 0 Å². The molecule has 2 N–H and O–H groups in total. The molecule has 98 valence electrons. The van der Waals surface area contributed by atoms with E-state index >= 15 is 0 Å². The van der Waals surface area contributed by atoms with Crippen LogP contribution in [0.1, 0.15) is 32.1 Å². The highest BCUT2D eigenvalue weighted by Gasteiger charge is 2.24. The van der Waals surface area contributed by atoms with Crippen molar-refractivity contribution >= 4 is 5.91 Å². The number of carbonyl (C=O) groups is 1. The van der Waals surface area contributed by atoms with Crippen LogP contribution in [0.25, 0.3) is 0 Å². The minimum absolute atomic E-state index is 0.239. The smallest absolute Gasteiger partial charge is 0.221 e. The third kappa shape index (κ3) is 4.64. The number of hydrogen-bond acceptors (Lipinski definition) is 3. The van der Waals surface area contributed by atoms with E-state index in [4.69, 9.17) is 0 Å². The van der Waals surface area contributed by atoms with Gasteiger partial charge in [-0.05, 0) is 51.7 Å². The first kappa shape index (κ1) is 12.8. The first-order chi connectivity index (χ1) is 8.28. The van der Waals surface area contributed by atoms with Crippen LogP contribution in [-0.4, -0.2) is 50.1 Å². The lowest BCUT2D eigenvalue weighted by Gasteiger charge is -2.32. The third-order valence-electron chi connectivity index (χ3n) is 3.69. The summed E-state index contributed by atoms with van der Waals surface area (Å²) in [6, 6.07) is 0.501. The minimum atomic E-state index is 0.239. The Labute approximate surface area is 104 Å². The molecule has 1 saturated carbocycles. The van der Waals surface area contributed by atoms with E-state index in [1.165, 1.54) is 25.7 Å². The fourth-order valence-electron chi connectivity index (χ4n) is 2.60. The van der Waals surface area contributed by atoms with Gasteiger partial charge in [0.15, 0.2) is 0 Å². The van der Waals surface area contributed by atoms with Gasteiger partial charge in [-0.2, -0.15) is 0 Å². The van der Waals surface area contributed by atoms with Crippen LogP contribution in [-0.2, 0) is 4.79 Å². The molecule has 17 heavy (non-hydrogen) atoms. The zero-order valence-corrected chi connectivity index (χ0v) is 10.9. The molecule has 0 aromatic heterocycles. The van der Waals surface area contributed by atoms with Crippen molar-refractivity contribution in [1.29, 1.82) is 0 Å². The second-order valence-electron chi connectivity index (χ2n) is 5.46. The summed E-state index contributed by atoms with van der Waals surface area (Å²) >= 11 is 0.